The van der Waals surface area contributed by atoms with Gasteiger partial charge in [0.2, 0.25) is 5.91 Å². The van der Waals surface area contributed by atoms with Crippen LogP contribution in [0.1, 0.15) is 25.3 Å². The number of non-ortho nitro benzene ring substituents is 1. The number of nitrogens with zero attached hydrogens (tertiary/aromatic N) is 2. The van der Waals surface area contributed by atoms with Crippen molar-refractivity contribution in [3.8, 4) is 0 Å². The fraction of sp³-hybridized carbons (Fsp3) is 0.400. The van der Waals surface area contributed by atoms with E-state index in [9.17, 15) is 14.9 Å². The highest BCUT2D eigenvalue weighted by molar-refractivity contribution is 5.88. The minimum atomic E-state index is -0.403. The van der Waals surface area contributed by atoms with Crippen molar-refractivity contribution in [1.29, 1.82) is 0 Å². The molecular weight excluding hydrogens is 256 g/mol. The first-order chi connectivity index (χ1) is 9.61. The average molecular weight is 272 g/mol. The molecule has 0 N–H and O–H groups in total. The molecule has 2 aliphatic rings. The topological polar surface area (TPSA) is 63.5 Å². The Labute approximate surface area is 117 Å². The summed E-state index contributed by atoms with van der Waals surface area (Å²) in [5.74, 6) is 0.406. The van der Waals surface area contributed by atoms with E-state index in [0.29, 0.717) is 12.5 Å². The van der Waals surface area contributed by atoms with Gasteiger partial charge in [-0.15, -0.1) is 0 Å². The van der Waals surface area contributed by atoms with E-state index in [0.717, 1.165) is 24.1 Å². The number of nitro benzene ring substituents is 1. The number of amides is 1. The van der Waals surface area contributed by atoms with Crippen LogP contribution in [0.15, 0.2) is 36.0 Å². The summed E-state index contributed by atoms with van der Waals surface area (Å²) in [6, 6.07) is 6.88. The van der Waals surface area contributed by atoms with E-state index in [1.165, 1.54) is 12.1 Å². The van der Waals surface area contributed by atoms with Crippen LogP contribution in [-0.4, -0.2) is 21.8 Å². The summed E-state index contributed by atoms with van der Waals surface area (Å²) < 4.78 is 0. The number of carbonyl (C=O) groups is 1. The summed E-state index contributed by atoms with van der Waals surface area (Å²) in [5, 5.41) is 10.6. The van der Waals surface area contributed by atoms with Gasteiger partial charge in [0.15, 0.2) is 0 Å². The average Bonchev–Trinajstić information content (AvgIpc) is 2.78. The lowest BCUT2D eigenvalue weighted by Crippen LogP contribution is -2.57. The lowest BCUT2D eigenvalue weighted by Gasteiger charge is -2.44. The molecule has 0 saturated carbocycles. The SMILES string of the molecule is CCC1C(=O)N2C(Cc3ccc([N+](=O)[O-])cc3)=CC[C@H]12. The van der Waals surface area contributed by atoms with E-state index >= 15 is 0 Å². The monoisotopic (exact) mass is 272 g/mol. The molecule has 3 rings (SSSR count). The summed E-state index contributed by atoms with van der Waals surface area (Å²) in [6.07, 6.45) is 4.63. The number of fused-ring (bicyclic) bond motifs is 1. The molecule has 5 heteroatoms. The van der Waals surface area contributed by atoms with Crippen LogP contribution in [-0.2, 0) is 11.2 Å². The second kappa shape index (κ2) is 4.74. The maximum atomic E-state index is 12.0. The first-order valence-electron chi connectivity index (χ1n) is 6.87. The van der Waals surface area contributed by atoms with Gasteiger partial charge >= 0.3 is 0 Å². The molecule has 1 amide bonds. The van der Waals surface area contributed by atoms with Gasteiger partial charge in [0.25, 0.3) is 5.69 Å². The van der Waals surface area contributed by atoms with Gasteiger partial charge in [0, 0.05) is 24.3 Å². The Hall–Kier alpha value is -2.17. The minimum absolute atomic E-state index is 0.0955. The molecule has 0 radical (unpaired) electrons. The smallest absolute Gasteiger partial charge is 0.269 e. The van der Waals surface area contributed by atoms with Gasteiger partial charge in [-0.2, -0.15) is 0 Å². The van der Waals surface area contributed by atoms with Gasteiger partial charge in [-0.25, -0.2) is 0 Å². The van der Waals surface area contributed by atoms with Crippen molar-refractivity contribution in [2.24, 2.45) is 5.92 Å². The molecule has 1 aromatic carbocycles. The van der Waals surface area contributed by atoms with E-state index in [2.05, 4.69) is 6.08 Å². The Bertz CT molecular complexity index is 592. The van der Waals surface area contributed by atoms with Crippen LogP contribution < -0.4 is 0 Å². The van der Waals surface area contributed by atoms with Crippen LogP contribution in [0.25, 0.3) is 0 Å². The number of nitro groups is 1. The van der Waals surface area contributed by atoms with Crippen molar-refractivity contribution in [3.63, 3.8) is 0 Å². The Balaban J connectivity index is 1.70. The number of allylic oxidation sites excluding steroid dienone is 1. The molecule has 2 heterocycles. The highest BCUT2D eigenvalue weighted by Gasteiger charge is 2.49. The Morgan fingerprint density at radius 3 is 2.65 bits per heavy atom. The van der Waals surface area contributed by atoms with Gasteiger partial charge in [0.05, 0.1) is 16.9 Å². The normalized spacial score (nSPS) is 24.1. The third kappa shape index (κ3) is 1.90. The minimum Gasteiger partial charge on any atom is -0.312 e. The standard InChI is InChI=1S/C15H16N2O3/c1-2-13-14-8-7-12(16(14)15(13)18)9-10-3-5-11(6-4-10)17(19)20/h3-7,13-14H,2,8-9H2,1H3/t13?,14-/m1/s1. The molecule has 0 aromatic heterocycles. The molecule has 2 aliphatic heterocycles. The summed E-state index contributed by atoms with van der Waals surface area (Å²) in [7, 11) is 0. The van der Waals surface area contributed by atoms with Gasteiger partial charge in [0.1, 0.15) is 0 Å². The zero-order chi connectivity index (χ0) is 14.3. The summed E-state index contributed by atoms with van der Waals surface area (Å²) in [6.45, 7) is 2.05. The van der Waals surface area contributed by atoms with Crippen molar-refractivity contribution < 1.29 is 9.72 Å². The van der Waals surface area contributed by atoms with Gasteiger partial charge in [-0.3, -0.25) is 14.9 Å². The van der Waals surface area contributed by atoms with Crippen LogP contribution in [0.2, 0.25) is 0 Å². The van der Waals surface area contributed by atoms with Gasteiger partial charge < -0.3 is 4.90 Å². The third-order valence-corrected chi connectivity index (χ3v) is 4.23. The van der Waals surface area contributed by atoms with Crippen molar-refractivity contribution in [2.75, 3.05) is 0 Å². The maximum Gasteiger partial charge on any atom is 0.269 e. The van der Waals surface area contributed by atoms with E-state index in [4.69, 9.17) is 0 Å². The number of β-lactam (4-membered cyclic amide) rings is 1. The first-order valence-corrected chi connectivity index (χ1v) is 6.87. The molecule has 20 heavy (non-hydrogen) atoms. The highest BCUT2D eigenvalue weighted by Crippen LogP contribution is 2.40. The van der Waals surface area contributed by atoms with Gasteiger partial charge in [-0.05, 0) is 18.4 Å². The second-order valence-corrected chi connectivity index (χ2v) is 5.32. The van der Waals surface area contributed by atoms with Crippen molar-refractivity contribution in [1.82, 2.24) is 4.90 Å². The van der Waals surface area contributed by atoms with E-state index in [1.807, 2.05) is 11.8 Å². The number of hydrogen-bond donors (Lipinski definition) is 0. The summed E-state index contributed by atoms with van der Waals surface area (Å²) in [4.78, 5) is 24.1. The molecule has 2 atom stereocenters. The number of carbonyl (C=O) groups excluding carboxylic acids is 1. The molecule has 1 fully saturated rings. The Kier molecular flexibility index (Phi) is 3.04. The Morgan fingerprint density at radius 1 is 1.35 bits per heavy atom. The zero-order valence-corrected chi connectivity index (χ0v) is 11.3. The summed E-state index contributed by atoms with van der Waals surface area (Å²) in [5.41, 5.74) is 2.13. The van der Waals surface area contributed by atoms with Crippen LogP contribution >= 0.6 is 0 Å². The van der Waals surface area contributed by atoms with Crippen LogP contribution in [0, 0.1) is 16.0 Å². The fourth-order valence-electron chi connectivity index (χ4n) is 3.13. The van der Waals surface area contributed by atoms with E-state index in [1.54, 1.807) is 12.1 Å². The molecule has 0 aliphatic carbocycles. The van der Waals surface area contributed by atoms with Gasteiger partial charge in [-0.1, -0.05) is 25.1 Å². The third-order valence-electron chi connectivity index (χ3n) is 4.23. The number of hydrogen-bond acceptors (Lipinski definition) is 3. The molecule has 1 saturated heterocycles. The first kappa shape index (κ1) is 12.8. The van der Waals surface area contributed by atoms with Crippen LogP contribution in [0.3, 0.4) is 0 Å². The second-order valence-electron chi connectivity index (χ2n) is 5.32. The van der Waals surface area contributed by atoms with E-state index in [-0.39, 0.29) is 17.5 Å². The number of benzene rings is 1. The zero-order valence-electron chi connectivity index (χ0n) is 11.3. The van der Waals surface area contributed by atoms with Crippen molar-refractivity contribution in [2.45, 2.75) is 32.2 Å². The molecule has 0 bridgehead atoms. The Morgan fingerprint density at radius 2 is 2.05 bits per heavy atom. The predicted molar refractivity (Wildman–Crippen MR) is 73.9 cm³/mol. The molecule has 0 spiro atoms. The van der Waals surface area contributed by atoms with Crippen LogP contribution in [0.4, 0.5) is 5.69 Å². The quantitative estimate of drug-likeness (QED) is 0.481. The van der Waals surface area contributed by atoms with Crippen molar-refractivity contribution >= 4 is 11.6 Å². The lowest BCUT2D eigenvalue weighted by atomic mass is 9.85. The van der Waals surface area contributed by atoms with Crippen LogP contribution in [0.5, 0.6) is 0 Å². The predicted octanol–water partition coefficient (Wildman–Crippen LogP) is 2.66. The largest absolute Gasteiger partial charge is 0.312 e. The fourth-order valence-corrected chi connectivity index (χ4v) is 3.13. The number of rotatable bonds is 4. The molecule has 104 valence electrons. The molecule has 1 unspecified atom stereocenters. The van der Waals surface area contributed by atoms with E-state index < -0.39 is 4.92 Å². The molecule has 1 aromatic rings. The highest BCUT2D eigenvalue weighted by atomic mass is 16.6. The lowest BCUT2D eigenvalue weighted by molar-refractivity contribution is -0.384. The maximum absolute atomic E-state index is 12.0. The molecule has 5 nitrogen and oxygen atoms in total. The van der Waals surface area contributed by atoms with Crippen molar-refractivity contribution in [3.05, 3.63) is 51.7 Å². The summed E-state index contributed by atoms with van der Waals surface area (Å²) >= 11 is 0. The molecular formula is C15H16N2O3.